The summed E-state index contributed by atoms with van der Waals surface area (Å²) >= 11 is 0. The number of benzene rings is 1. The van der Waals surface area contributed by atoms with Crippen LogP contribution in [0.5, 0.6) is 0 Å². The fraction of sp³-hybridized carbons (Fsp3) is 0.353. The predicted molar refractivity (Wildman–Crippen MR) is 91.2 cm³/mol. The SMILES string of the molecule is COC(=O)c1ccc(Nc2cc(C)nc(NC(C)(C)C)n2)cc1. The second-order valence-electron chi connectivity index (χ2n) is 6.29. The fourth-order valence-corrected chi connectivity index (χ4v) is 1.98. The van der Waals surface area contributed by atoms with Gasteiger partial charge in [0.2, 0.25) is 5.95 Å². The summed E-state index contributed by atoms with van der Waals surface area (Å²) in [6.45, 7) is 8.08. The van der Waals surface area contributed by atoms with E-state index in [2.05, 4.69) is 46.1 Å². The van der Waals surface area contributed by atoms with Gasteiger partial charge in [0.25, 0.3) is 0 Å². The third-order valence-corrected chi connectivity index (χ3v) is 2.92. The summed E-state index contributed by atoms with van der Waals surface area (Å²) in [5, 5.41) is 6.47. The number of rotatable bonds is 4. The number of carbonyl (C=O) groups excluding carboxylic acids is 1. The molecule has 0 atom stereocenters. The maximum absolute atomic E-state index is 11.4. The number of hydrogen-bond donors (Lipinski definition) is 2. The van der Waals surface area contributed by atoms with Gasteiger partial charge in [0.1, 0.15) is 5.82 Å². The molecule has 0 aliphatic heterocycles. The minimum Gasteiger partial charge on any atom is -0.465 e. The van der Waals surface area contributed by atoms with Gasteiger partial charge in [-0.3, -0.25) is 0 Å². The maximum Gasteiger partial charge on any atom is 0.337 e. The molecule has 0 saturated heterocycles. The highest BCUT2D eigenvalue weighted by molar-refractivity contribution is 5.89. The van der Waals surface area contributed by atoms with Gasteiger partial charge < -0.3 is 15.4 Å². The fourth-order valence-electron chi connectivity index (χ4n) is 1.98. The van der Waals surface area contributed by atoms with E-state index in [4.69, 9.17) is 0 Å². The van der Waals surface area contributed by atoms with E-state index in [0.717, 1.165) is 11.4 Å². The first-order valence-corrected chi connectivity index (χ1v) is 7.36. The molecule has 0 bridgehead atoms. The van der Waals surface area contributed by atoms with Crippen molar-refractivity contribution in [3.63, 3.8) is 0 Å². The van der Waals surface area contributed by atoms with Crippen LogP contribution in [0, 0.1) is 6.92 Å². The summed E-state index contributed by atoms with van der Waals surface area (Å²) in [6.07, 6.45) is 0. The van der Waals surface area contributed by atoms with Crippen LogP contribution in [0.15, 0.2) is 30.3 Å². The highest BCUT2D eigenvalue weighted by atomic mass is 16.5. The highest BCUT2D eigenvalue weighted by Gasteiger charge is 2.12. The molecule has 0 aliphatic carbocycles. The maximum atomic E-state index is 11.4. The van der Waals surface area contributed by atoms with Crippen LogP contribution in [0.4, 0.5) is 17.5 Å². The normalized spacial score (nSPS) is 11.0. The van der Waals surface area contributed by atoms with Crippen LogP contribution in [-0.4, -0.2) is 28.6 Å². The number of aryl methyl sites for hydroxylation is 1. The number of esters is 1. The lowest BCUT2D eigenvalue weighted by Crippen LogP contribution is -2.27. The second kappa shape index (κ2) is 6.64. The van der Waals surface area contributed by atoms with Crippen molar-refractivity contribution in [3.8, 4) is 0 Å². The molecule has 0 unspecified atom stereocenters. The number of anilines is 3. The van der Waals surface area contributed by atoms with E-state index < -0.39 is 0 Å². The molecule has 6 nitrogen and oxygen atoms in total. The lowest BCUT2D eigenvalue weighted by molar-refractivity contribution is 0.0601. The van der Waals surface area contributed by atoms with Gasteiger partial charge in [0, 0.05) is 23.0 Å². The van der Waals surface area contributed by atoms with Crippen LogP contribution in [0.25, 0.3) is 0 Å². The Morgan fingerprint density at radius 2 is 1.78 bits per heavy atom. The Morgan fingerprint density at radius 3 is 2.35 bits per heavy atom. The zero-order valence-corrected chi connectivity index (χ0v) is 14.1. The Hall–Kier alpha value is -2.63. The van der Waals surface area contributed by atoms with Crippen molar-refractivity contribution in [3.05, 3.63) is 41.6 Å². The highest BCUT2D eigenvalue weighted by Crippen LogP contribution is 2.19. The summed E-state index contributed by atoms with van der Waals surface area (Å²) in [5.41, 5.74) is 2.08. The lowest BCUT2D eigenvalue weighted by atomic mass is 10.1. The van der Waals surface area contributed by atoms with Gasteiger partial charge in [-0.15, -0.1) is 0 Å². The molecule has 0 amide bonds. The van der Waals surface area contributed by atoms with Gasteiger partial charge in [-0.2, -0.15) is 4.98 Å². The summed E-state index contributed by atoms with van der Waals surface area (Å²) in [6, 6.07) is 8.89. The molecule has 0 radical (unpaired) electrons. The van der Waals surface area contributed by atoms with Crippen molar-refractivity contribution in [2.45, 2.75) is 33.2 Å². The third-order valence-electron chi connectivity index (χ3n) is 2.92. The standard InChI is InChI=1S/C17H22N4O2/c1-11-10-14(20-16(18-11)21-17(2,3)4)19-13-8-6-12(7-9-13)15(22)23-5/h6-10H,1-5H3,(H2,18,19,20,21). The molecule has 2 N–H and O–H groups in total. The van der Waals surface area contributed by atoms with E-state index in [-0.39, 0.29) is 11.5 Å². The number of carbonyl (C=O) groups is 1. The predicted octanol–water partition coefficient (Wildman–Crippen LogP) is 3.53. The van der Waals surface area contributed by atoms with Crippen molar-refractivity contribution in [2.24, 2.45) is 0 Å². The molecular formula is C17H22N4O2. The molecule has 6 heteroatoms. The quantitative estimate of drug-likeness (QED) is 0.841. The molecule has 1 aromatic carbocycles. The van der Waals surface area contributed by atoms with Crippen LogP contribution >= 0.6 is 0 Å². The van der Waals surface area contributed by atoms with Gasteiger partial charge in [0.15, 0.2) is 0 Å². The van der Waals surface area contributed by atoms with Crippen LogP contribution < -0.4 is 10.6 Å². The Balaban J connectivity index is 2.18. The van der Waals surface area contributed by atoms with Crippen molar-refractivity contribution < 1.29 is 9.53 Å². The molecule has 122 valence electrons. The number of nitrogens with zero attached hydrogens (tertiary/aromatic N) is 2. The van der Waals surface area contributed by atoms with E-state index >= 15 is 0 Å². The van der Waals surface area contributed by atoms with Gasteiger partial charge in [-0.1, -0.05) is 0 Å². The molecular weight excluding hydrogens is 292 g/mol. The number of ether oxygens (including phenoxy) is 1. The zero-order valence-electron chi connectivity index (χ0n) is 14.1. The van der Waals surface area contributed by atoms with E-state index in [1.54, 1.807) is 24.3 Å². The molecule has 1 aromatic heterocycles. The average Bonchev–Trinajstić information content (AvgIpc) is 2.44. The largest absolute Gasteiger partial charge is 0.465 e. The van der Waals surface area contributed by atoms with E-state index in [1.807, 2.05) is 13.0 Å². The Bertz CT molecular complexity index is 691. The topological polar surface area (TPSA) is 76.1 Å². The van der Waals surface area contributed by atoms with Crippen LogP contribution in [0.3, 0.4) is 0 Å². The Kier molecular flexibility index (Phi) is 4.83. The summed E-state index contributed by atoms with van der Waals surface area (Å²) < 4.78 is 4.68. The molecule has 0 aliphatic rings. The van der Waals surface area contributed by atoms with Crippen molar-refractivity contribution in [2.75, 3.05) is 17.7 Å². The molecule has 1 heterocycles. The number of hydrogen-bond acceptors (Lipinski definition) is 6. The zero-order chi connectivity index (χ0) is 17.0. The van der Waals surface area contributed by atoms with E-state index in [9.17, 15) is 4.79 Å². The second-order valence-corrected chi connectivity index (χ2v) is 6.29. The average molecular weight is 314 g/mol. The van der Waals surface area contributed by atoms with Gasteiger partial charge >= 0.3 is 5.97 Å². The molecule has 0 spiro atoms. The lowest BCUT2D eigenvalue weighted by Gasteiger charge is -2.21. The minimum atomic E-state index is -0.355. The summed E-state index contributed by atoms with van der Waals surface area (Å²) in [7, 11) is 1.36. The first-order chi connectivity index (χ1) is 10.8. The van der Waals surface area contributed by atoms with Crippen LogP contribution in [0.2, 0.25) is 0 Å². The summed E-state index contributed by atoms with van der Waals surface area (Å²) in [5.74, 6) is 0.910. The van der Waals surface area contributed by atoms with Crippen molar-refractivity contribution in [1.82, 2.24) is 9.97 Å². The smallest absolute Gasteiger partial charge is 0.337 e. The van der Waals surface area contributed by atoms with Gasteiger partial charge in [0.05, 0.1) is 12.7 Å². The minimum absolute atomic E-state index is 0.118. The van der Waals surface area contributed by atoms with Crippen molar-refractivity contribution in [1.29, 1.82) is 0 Å². The van der Waals surface area contributed by atoms with Crippen molar-refractivity contribution >= 4 is 23.4 Å². The molecule has 2 aromatic rings. The monoisotopic (exact) mass is 314 g/mol. The number of nitrogens with one attached hydrogen (secondary N) is 2. The van der Waals surface area contributed by atoms with Crippen LogP contribution in [-0.2, 0) is 4.74 Å². The third kappa shape index (κ3) is 4.95. The molecule has 23 heavy (non-hydrogen) atoms. The number of methoxy groups -OCH3 is 1. The molecule has 0 fully saturated rings. The molecule has 0 saturated carbocycles. The van der Waals surface area contributed by atoms with E-state index in [0.29, 0.717) is 17.3 Å². The Morgan fingerprint density at radius 1 is 1.13 bits per heavy atom. The van der Waals surface area contributed by atoms with Crippen LogP contribution in [0.1, 0.15) is 36.8 Å². The van der Waals surface area contributed by atoms with Gasteiger partial charge in [-0.05, 0) is 52.0 Å². The molecule has 2 rings (SSSR count). The Labute approximate surface area is 136 Å². The van der Waals surface area contributed by atoms with Gasteiger partial charge in [-0.25, -0.2) is 9.78 Å². The summed E-state index contributed by atoms with van der Waals surface area (Å²) in [4.78, 5) is 20.3. The first-order valence-electron chi connectivity index (χ1n) is 7.36. The first kappa shape index (κ1) is 16.7. The number of aromatic nitrogens is 2. The van der Waals surface area contributed by atoms with E-state index in [1.165, 1.54) is 7.11 Å².